The van der Waals surface area contributed by atoms with Gasteiger partial charge in [-0.1, -0.05) is 32.0 Å². The Morgan fingerprint density at radius 2 is 2.04 bits per heavy atom. The van der Waals surface area contributed by atoms with Gasteiger partial charge in [-0.3, -0.25) is 9.59 Å². The van der Waals surface area contributed by atoms with E-state index in [0.29, 0.717) is 5.16 Å². The van der Waals surface area contributed by atoms with Crippen LogP contribution in [0.1, 0.15) is 32.9 Å². The van der Waals surface area contributed by atoms with Crippen LogP contribution < -0.4 is 5.56 Å². The van der Waals surface area contributed by atoms with Gasteiger partial charge < -0.3 is 14.8 Å². The van der Waals surface area contributed by atoms with E-state index >= 15 is 0 Å². The molecule has 1 aliphatic heterocycles. The van der Waals surface area contributed by atoms with E-state index in [4.69, 9.17) is 0 Å². The summed E-state index contributed by atoms with van der Waals surface area (Å²) in [6.45, 7) is 10.5. The number of thioether (sulfide) groups is 1. The van der Waals surface area contributed by atoms with Gasteiger partial charge in [-0.25, -0.2) is 4.98 Å². The van der Waals surface area contributed by atoms with Crippen molar-refractivity contribution in [3.05, 3.63) is 22.1 Å². The molecule has 1 atom stereocenters. The minimum atomic E-state index is -0.247. The number of nitrogens with one attached hydrogen (secondary N) is 1. The molecule has 1 aromatic rings. The molecule has 0 bridgehead atoms. The third kappa shape index (κ3) is 5.07. The highest BCUT2D eigenvalue weighted by Crippen LogP contribution is 2.21. The summed E-state index contributed by atoms with van der Waals surface area (Å²) in [5.41, 5.74) is 0.636. The number of amides is 1. The Kier molecular flexibility index (Phi) is 6.65. The molecule has 0 aliphatic carbocycles. The molecule has 1 aromatic heterocycles. The van der Waals surface area contributed by atoms with E-state index in [1.54, 1.807) is 0 Å². The van der Waals surface area contributed by atoms with E-state index in [2.05, 4.69) is 28.7 Å². The topological polar surface area (TPSA) is 69.3 Å². The number of likely N-dealkylation sites (N-methyl/N-ethyl adjacent to an activating group) is 1. The van der Waals surface area contributed by atoms with Gasteiger partial charge >= 0.3 is 0 Å². The number of carbonyl (C=O) groups excluding carboxylic acids is 1. The molecule has 1 N–H and O–H groups in total. The molecular weight excluding hydrogens is 312 g/mol. The quantitative estimate of drug-likeness (QED) is 0.627. The fourth-order valence-electron chi connectivity index (χ4n) is 2.68. The van der Waals surface area contributed by atoms with Crippen molar-refractivity contribution in [2.24, 2.45) is 0 Å². The van der Waals surface area contributed by atoms with E-state index in [0.717, 1.165) is 51.3 Å². The molecule has 1 amide bonds. The monoisotopic (exact) mass is 338 g/mol. The maximum atomic E-state index is 12.6. The van der Waals surface area contributed by atoms with Crippen molar-refractivity contribution in [1.29, 1.82) is 0 Å². The standard InChI is InChI=1S/C16H26N4O2S/c1-4-6-13-11-14(21)18-16(17-13)23-12(3)15(22)20-9-7-19(5-2)8-10-20/h11-12H,4-10H2,1-3H3,(H,17,18,21). The first-order chi connectivity index (χ1) is 11.0. The van der Waals surface area contributed by atoms with Gasteiger partial charge in [-0.15, -0.1) is 0 Å². The van der Waals surface area contributed by atoms with Crippen molar-refractivity contribution in [2.75, 3.05) is 32.7 Å². The number of H-pyrrole nitrogens is 1. The average molecular weight is 338 g/mol. The second kappa shape index (κ2) is 8.49. The smallest absolute Gasteiger partial charge is 0.251 e. The first-order valence-electron chi connectivity index (χ1n) is 8.31. The predicted octanol–water partition coefficient (Wildman–Crippen LogP) is 1.37. The molecule has 0 saturated carbocycles. The number of hydrogen-bond acceptors (Lipinski definition) is 5. The lowest BCUT2D eigenvalue weighted by atomic mass is 10.2. The van der Waals surface area contributed by atoms with Gasteiger partial charge in [0.1, 0.15) is 0 Å². The lowest BCUT2D eigenvalue weighted by molar-refractivity contribution is -0.132. The Morgan fingerprint density at radius 3 is 2.65 bits per heavy atom. The molecule has 1 fully saturated rings. The summed E-state index contributed by atoms with van der Waals surface area (Å²) in [6, 6.07) is 1.53. The number of carbonyl (C=O) groups is 1. The van der Waals surface area contributed by atoms with Gasteiger partial charge in [0.2, 0.25) is 5.91 Å². The molecule has 2 heterocycles. The predicted molar refractivity (Wildman–Crippen MR) is 92.9 cm³/mol. The molecule has 2 rings (SSSR count). The zero-order valence-electron chi connectivity index (χ0n) is 14.2. The van der Waals surface area contributed by atoms with Crippen LogP contribution in [0.15, 0.2) is 16.0 Å². The molecule has 0 radical (unpaired) electrons. The maximum Gasteiger partial charge on any atom is 0.251 e. The number of aromatic amines is 1. The van der Waals surface area contributed by atoms with Crippen LogP contribution in [0.3, 0.4) is 0 Å². The fraction of sp³-hybridized carbons (Fsp3) is 0.688. The zero-order valence-corrected chi connectivity index (χ0v) is 15.0. The minimum absolute atomic E-state index is 0.120. The summed E-state index contributed by atoms with van der Waals surface area (Å²) in [6.07, 6.45) is 1.72. The third-order valence-electron chi connectivity index (χ3n) is 4.05. The van der Waals surface area contributed by atoms with E-state index < -0.39 is 0 Å². The van der Waals surface area contributed by atoms with Crippen LogP contribution in [0.4, 0.5) is 0 Å². The highest BCUT2D eigenvalue weighted by Gasteiger charge is 2.25. The van der Waals surface area contributed by atoms with Crippen LogP contribution in [0.2, 0.25) is 0 Å². The van der Waals surface area contributed by atoms with E-state index in [9.17, 15) is 9.59 Å². The van der Waals surface area contributed by atoms with Gasteiger partial charge in [0, 0.05) is 37.9 Å². The first kappa shape index (κ1) is 18.0. The van der Waals surface area contributed by atoms with Crippen molar-refractivity contribution in [2.45, 2.75) is 44.0 Å². The summed E-state index contributed by atoms with van der Waals surface area (Å²) in [5, 5.41) is 0.289. The second-order valence-corrected chi connectivity index (χ2v) is 7.14. The molecule has 7 heteroatoms. The summed E-state index contributed by atoms with van der Waals surface area (Å²) in [5.74, 6) is 0.120. The Hall–Kier alpha value is -1.34. The van der Waals surface area contributed by atoms with Gasteiger partial charge in [-0.2, -0.15) is 0 Å². The summed E-state index contributed by atoms with van der Waals surface area (Å²) < 4.78 is 0. The van der Waals surface area contributed by atoms with Gasteiger partial charge in [0.15, 0.2) is 5.16 Å². The van der Waals surface area contributed by atoms with Crippen molar-refractivity contribution in [1.82, 2.24) is 19.8 Å². The largest absolute Gasteiger partial charge is 0.339 e. The normalized spacial score (nSPS) is 17.3. The number of aromatic nitrogens is 2. The van der Waals surface area contributed by atoms with E-state index in [-0.39, 0.29) is 16.7 Å². The highest BCUT2D eigenvalue weighted by molar-refractivity contribution is 8.00. The number of piperazine rings is 1. The Bertz CT molecular complexity index is 582. The summed E-state index contributed by atoms with van der Waals surface area (Å²) >= 11 is 1.33. The van der Waals surface area contributed by atoms with Crippen molar-refractivity contribution >= 4 is 17.7 Å². The summed E-state index contributed by atoms with van der Waals surface area (Å²) in [7, 11) is 0. The van der Waals surface area contributed by atoms with Crippen LogP contribution >= 0.6 is 11.8 Å². The van der Waals surface area contributed by atoms with Crippen LogP contribution in [0.5, 0.6) is 0 Å². The lowest BCUT2D eigenvalue weighted by Gasteiger charge is -2.35. The Balaban J connectivity index is 1.97. The number of aryl methyl sites for hydroxylation is 1. The molecule has 6 nitrogen and oxygen atoms in total. The van der Waals surface area contributed by atoms with Crippen LogP contribution in [-0.2, 0) is 11.2 Å². The van der Waals surface area contributed by atoms with Crippen LogP contribution in [-0.4, -0.2) is 63.6 Å². The Morgan fingerprint density at radius 1 is 1.35 bits per heavy atom. The van der Waals surface area contributed by atoms with Crippen LogP contribution in [0.25, 0.3) is 0 Å². The lowest BCUT2D eigenvalue weighted by Crippen LogP contribution is -2.50. The molecule has 1 unspecified atom stereocenters. The number of rotatable bonds is 6. The maximum absolute atomic E-state index is 12.6. The molecule has 23 heavy (non-hydrogen) atoms. The average Bonchev–Trinajstić information content (AvgIpc) is 2.54. The van der Waals surface area contributed by atoms with Crippen LogP contribution in [0, 0.1) is 0 Å². The number of nitrogens with zero attached hydrogens (tertiary/aromatic N) is 3. The second-order valence-electron chi connectivity index (χ2n) is 5.81. The molecule has 1 aliphatic rings. The SMILES string of the molecule is CCCc1cc(=O)[nH]c(SC(C)C(=O)N2CCN(CC)CC2)n1. The van der Waals surface area contributed by atoms with Gasteiger partial charge in [0.25, 0.3) is 5.56 Å². The van der Waals surface area contributed by atoms with Gasteiger partial charge in [-0.05, 0) is 19.9 Å². The molecule has 1 saturated heterocycles. The molecule has 128 valence electrons. The van der Waals surface area contributed by atoms with Gasteiger partial charge in [0.05, 0.1) is 5.25 Å². The summed E-state index contributed by atoms with van der Waals surface area (Å²) in [4.78, 5) is 35.7. The fourth-order valence-corrected chi connectivity index (χ4v) is 3.60. The zero-order chi connectivity index (χ0) is 16.8. The van der Waals surface area contributed by atoms with Crippen molar-refractivity contribution in [3.8, 4) is 0 Å². The molecular formula is C16H26N4O2S. The number of hydrogen-bond donors (Lipinski definition) is 1. The Labute approximate surface area is 141 Å². The van der Waals surface area contributed by atoms with Crippen molar-refractivity contribution in [3.63, 3.8) is 0 Å². The van der Waals surface area contributed by atoms with Crippen molar-refractivity contribution < 1.29 is 4.79 Å². The van der Waals surface area contributed by atoms with E-state index in [1.165, 1.54) is 17.8 Å². The minimum Gasteiger partial charge on any atom is -0.339 e. The van der Waals surface area contributed by atoms with E-state index in [1.807, 2.05) is 11.8 Å². The first-order valence-corrected chi connectivity index (χ1v) is 9.19. The third-order valence-corrected chi connectivity index (χ3v) is 5.02. The molecule has 0 spiro atoms. The highest BCUT2D eigenvalue weighted by atomic mass is 32.2. The molecule has 0 aromatic carbocycles.